The normalized spacial score (nSPS) is 17.4. The maximum atomic E-state index is 13.4. The van der Waals surface area contributed by atoms with E-state index in [1.807, 2.05) is 24.8 Å². The minimum absolute atomic E-state index is 0.0520. The molecule has 0 aromatic carbocycles. The van der Waals surface area contributed by atoms with Crippen molar-refractivity contribution in [1.29, 1.82) is 5.26 Å². The summed E-state index contributed by atoms with van der Waals surface area (Å²) in [5, 5.41) is 13.2. The first kappa shape index (κ1) is 26.1. The van der Waals surface area contributed by atoms with E-state index in [1.165, 1.54) is 31.6 Å². The van der Waals surface area contributed by atoms with Crippen molar-refractivity contribution in [2.45, 2.75) is 50.6 Å². The lowest BCUT2D eigenvalue weighted by atomic mass is 10.1. The Labute approximate surface area is 218 Å². The van der Waals surface area contributed by atoms with Crippen molar-refractivity contribution in [2.75, 3.05) is 31.1 Å². The van der Waals surface area contributed by atoms with Crippen LogP contribution in [0.2, 0.25) is 0 Å². The molecule has 1 saturated carbocycles. The first-order valence-electron chi connectivity index (χ1n) is 12.3. The molecule has 0 unspecified atom stereocenters. The van der Waals surface area contributed by atoms with Crippen LogP contribution in [0.4, 0.5) is 14.5 Å². The number of carbonyl (C=O) groups excluding carboxylic acids is 1. The summed E-state index contributed by atoms with van der Waals surface area (Å²) in [4.78, 5) is 20.6. The number of aromatic nitrogens is 4. The van der Waals surface area contributed by atoms with Gasteiger partial charge in [-0.3, -0.25) is 9.20 Å². The summed E-state index contributed by atoms with van der Waals surface area (Å²) < 4.78 is 58.2. The Morgan fingerprint density at radius 2 is 1.87 bits per heavy atom. The second kappa shape index (κ2) is 9.32. The number of hydrogen-bond donors (Lipinski definition) is 1. The predicted molar refractivity (Wildman–Crippen MR) is 134 cm³/mol. The summed E-state index contributed by atoms with van der Waals surface area (Å²) >= 11 is 0. The van der Waals surface area contributed by atoms with E-state index < -0.39 is 22.1 Å². The zero-order valence-electron chi connectivity index (χ0n) is 21.2. The van der Waals surface area contributed by atoms with Crippen molar-refractivity contribution in [3.05, 3.63) is 30.4 Å². The summed E-state index contributed by atoms with van der Waals surface area (Å²) in [6, 6.07) is 3.54. The molecule has 0 atom stereocenters. The first-order valence-corrected chi connectivity index (χ1v) is 13.8. The molecule has 4 heterocycles. The monoisotopic (exact) mass is 546 g/mol. The number of alkyl halides is 2. The van der Waals surface area contributed by atoms with E-state index in [0.29, 0.717) is 66.3 Å². The quantitative estimate of drug-likeness (QED) is 0.482. The van der Waals surface area contributed by atoms with Gasteiger partial charge in [-0.2, -0.15) is 23.9 Å². The maximum Gasteiger partial charge on any atom is 0.333 e. The van der Waals surface area contributed by atoms with Crippen molar-refractivity contribution < 1.29 is 22.0 Å². The van der Waals surface area contributed by atoms with Crippen LogP contribution in [0, 0.1) is 24.2 Å². The molecule has 1 aliphatic heterocycles. The van der Waals surface area contributed by atoms with Gasteiger partial charge in [-0.05, 0) is 25.8 Å². The van der Waals surface area contributed by atoms with Gasteiger partial charge in [0.25, 0.3) is 0 Å². The number of fused-ring (bicyclic) bond motifs is 1. The highest BCUT2D eigenvalue weighted by Crippen LogP contribution is 2.37. The van der Waals surface area contributed by atoms with Crippen LogP contribution < -0.4 is 9.62 Å². The minimum atomic E-state index is -4.10. The molecular weight excluding hydrogens is 518 g/mol. The lowest BCUT2D eigenvalue weighted by Crippen LogP contribution is -2.50. The summed E-state index contributed by atoms with van der Waals surface area (Å²) in [6.07, 6.45) is 5.03. The molecule has 11 nitrogen and oxygen atoms in total. The number of nitrogens with one attached hydrogen (secondary N) is 1. The van der Waals surface area contributed by atoms with E-state index >= 15 is 0 Å². The molecule has 1 amide bonds. The molecule has 2 fully saturated rings. The van der Waals surface area contributed by atoms with Gasteiger partial charge in [0.1, 0.15) is 10.4 Å². The zero-order chi connectivity index (χ0) is 27.4. The molecule has 1 N–H and O–H groups in total. The van der Waals surface area contributed by atoms with Gasteiger partial charge < -0.3 is 9.80 Å². The van der Waals surface area contributed by atoms with E-state index in [0.717, 1.165) is 0 Å². The Bertz CT molecular complexity index is 1540. The molecule has 2 aliphatic rings. The first-order chi connectivity index (χ1) is 18.0. The Hall–Kier alpha value is -3.57. The number of hydrogen-bond acceptors (Lipinski definition) is 7. The molecule has 0 spiro atoms. The van der Waals surface area contributed by atoms with Crippen molar-refractivity contribution >= 4 is 27.3 Å². The van der Waals surface area contributed by atoms with Crippen LogP contribution in [0.1, 0.15) is 38.9 Å². The van der Waals surface area contributed by atoms with Crippen LogP contribution in [0.3, 0.4) is 0 Å². The molecule has 3 aromatic rings. The van der Waals surface area contributed by atoms with E-state index in [9.17, 15) is 27.3 Å². The molecule has 1 aliphatic carbocycles. The summed E-state index contributed by atoms with van der Waals surface area (Å²) in [7, 11) is -4.10. The maximum absolute atomic E-state index is 13.4. The third kappa shape index (κ3) is 4.49. The highest BCUT2D eigenvalue weighted by atomic mass is 32.2. The van der Waals surface area contributed by atoms with E-state index in [2.05, 4.69) is 14.8 Å². The van der Waals surface area contributed by atoms with E-state index in [-0.39, 0.29) is 22.4 Å². The molecular formula is C24H28F2N8O3S. The zero-order valence-corrected chi connectivity index (χ0v) is 22.0. The Balaban J connectivity index is 1.60. The van der Waals surface area contributed by atoms with Crippen LogP contribution >= 0.6 is 0 Å². The van der Waals surface area contributed by atoms with Crippen LogP contribution in [0.15, 0.2) is 29.6 Å². The number of nitriles is 1. The van der Waals surface area contributed by atoms with E-state index in [1.54, 1.807) is 9.30 Å². The van der Waals surface area contributed by atoms with Gasteiger partial charge in [0, 0.05) is 43.9 Å². The second-order valence-electron chi connectivity index (χ2n) is 10.0. The summed E-state index contributed by atoms with van der Waals surface area (Å²) in [5.41, 5.74) is 0.831. The minimum Gasteiger partial charge on any atom is -0.365 e. The van der Waals surface area contributed by atoms with Gasteiger partial charge in [-0.15, -0.1) is 0 Å². The number of imidazole rings is 1. The smallest absolute Gasteiger partial charge is 0.333 e. The van der Waals surface area contributed by atoms with Gasteiger partial charge >= 0.3 is 6.55 Å². The topological polar surface area (TPSA) is 129 Å². The fraction of sp³-hybridized carbons (Fsp3) is 0.500. The molecule has 0 bridgehead atoms. The van der Waals surface area contributed by atoms with Crippen LogP contribution in [0.5, 0.6) is 0 Å². The SMILES string of the molecule is Cc1c(-c2cnc3c(N4CCN(C(=O)C(C)C)CC4)cc(S(=O)(=O)NC4(C#N)CC4)cn23)cnn1C(F)F. The van der Waals surface area contributed by atoms with Gasteiger partial charge in [0.05, 0.1) is 35.5 Å². The Kier molecular flexibility index (Phi) is 6.39. The van der Waals surface area contributed by atoms with Gasteiger partial charge in [-0.25, -0.2) is 18.1 Å². The number of halogens is 2. The lowest BCUT2D eigenvalue weighted by Gasteiger charge is -2.37. The van der Waals surface area contributed by atoms with Crippen LogP contribution in [-0.4, -0.2) is 70.1 Å². The van der Waals surface area contributed by atoms with Crippen molar-refractivity contribution in [3.63, 3.8) is 0 Å². The van der Waals surface area contributed by atoms with Gasteiger partial charge in [0.2, 0.25) is 15.9 Å². The fourth-order valence-electron chi connectivity index (χ4n) is 4.71. The second-order valence-corrected chi connectivity index (χ2v) is 11.7. The molecule has 202 valence electrons. The third-order valence-electron chi connectivity index (χ3n) is 7.10. The van der Waals surface area contributed by atoms with E-state index in [4.69, 9.17) is 0 Å². The van der Waals surface area contributed by atoms with Crippen molar-refractivity contribution in [1.82, 2.24) is 28.8 Å². The highest BCUT2D eigenvalue weighted by molar-refractivity contribution is 7.89. The number of nitrogens with zero attached hydrogens (tertiary/aromatic N) is 7. The summed E-state index contributed by atoms with van der Waals surface area (Å²) in [5.74, 6) is -0.0777. The largest absolute Gasteiger partial charge is 0.365 e. The number of pyridine rings is 1. The number of anilines is 1. The van der Waals surface area contributed by atoms with Crippen molar-refractivity contribution in [2.24, 2.45) is 5.92 Å². The van der Waals surface area contributed by atoms with Crippen LogP contribution in [0.25, 0.3) is 16.9 Å². The lowest BCUT2D eigenvalue weighted by molar-refractivity contribution is -0.134. The van der Waals surface area contributed by atoms with Gasteiger partial charge in [0.15, 0.2) is 5.65 Å². The fourth-order valence-corrected chi connectivity index (χ4v) is 6.10. The average Bonchev–Trinajstić information content (AvgIpc) is 3.34. The number of sulfonamides is 1. The van der Waals surface area contributed by atoms with Crippen LogP contribution in [-0.2, 0) is 14.8 Å². The standard InChI is InChI=1S/C24H28F2N8O3S/c1-15(2)22(35)32-8-6-31(7-9-32)19-10-17(38(36,37)30-24(14-27)4-5-24)13-33-20(12-28-21(19)33)18-11-29-34(16(18)3)23(25)26/h10-13,15,23,30H,4-9H2,1-3H3. The highest BCUT2D eigenvalue weighted by Gasteiger charge is 2.47. The molecule has 14 heteroatoms. The third-order valence-corrected chi connectivity index (χ3v) is 8.60. The molecule has 38 heavy (non-hydrogen) atoms. The Morgan fingerprint density at radius 1 is 1.18 bits per heavy atom. The molecule has 0 radical (unpaired) electrons. The number of rotatable bonds is 7. The molecule has 3 aromatic heterocycles. The average molecular weight is 547 g/mol. The van der Waals surface area contributed by atoms with Crippen molar-refractivity contribution in [3.8, 4) is 17.3 Å². The number of carbonyl (C=O) groups is 1. The number of amides is 1. The predicted octanol–water partition coefficient (Wildman–Crippen LogP) is 2.54. The Morgan fingerprint density at radius 3 is 2.42 bits per heavy atom. The van der Waals surface area contributed by atoms with Gasteiger partial charge in [-0.1, -0.05) is 13.8 Å². The molecule has 5 rings (SSSR count). The summed E-state index contributed by atoms with van der Waals surface area (Å²) in [6.45, 7) is 4.20. The molecule has 1 saturated heterocycles. The number of piperazine rings is 1.